The van der Waals surface area contributed by atoms with Crippen LogP contribution in [0.4, 0.5) is 22.7 Å². The fourth-order valence-electron chi connectivity index (χ4n) is 4.81. The molecule has 0 saturated carbocycles. The number of anilines is 1. The molecule has 0 aliphatic carbocycles. The van der Waals surface area contributed by atoms with Crippen LogP contribution < -0.4 is 4.90 Å². The third-order valence-corrected chi connectivity index (χ3v) is 9.84. The highest BCUT2D eigenvalue weighted by Crippen LogP contribution is 2.43. The van der Waals surface area contributed by atoms with Crippen LogP contribution in [0.5, 0.6) is 0 Å². The summed E-state index contributed by atoms with van der Waals surface area (Å²) in [6, 6.07) is 7.80. The molecule has 0 spiro atoms. The lowest BCUT2D eigenvalue weighted by Crippen LogP contribution is -2.41. The highest BCUT2D eigenvalue weighted by molar-refractivity contribution is 7.90. The van der Waals surface area contributed by atoms with Gasteiger partial charge in [-0.3, -0.25) is 4.98 Å². The number of aromatic nitrogens is 2. The summed E-state index contributed by atoms with van der Waals surface area (Å²) < 4.78 is 85.1. The van der Waals surface area contributed by atoms with Crippen molar-refractivity contribution in [2.75, 3.05) is 32.1 Å². The van der Waals surface area contributed by atoms with Gasteiger partial charge in [-0.2, -0.15) is 0 Å². The van der Waals surface area contributed by atoms with Crippen molar-refractivity contribution in [1.29, 1.82) is 0 Å². The van der Waals surface area contributed by atoms with Gasteiger partial charge >= 0.3 is 0 Å². The topological polar surface area (TPSA) is 66.4 Å². The van der Waals surface area contributed by atoms with Crippen molar-refractivity contribution < 1.29 is 26.0 Å². The molecule has 1 aliphatic rings. The molecule has 0 amide bonds. The molecule has 6 nitrogen and oxygen atoms in total. The number of sulfone groups is 1. The zero-order chi connectivity index (χ0) is 28.6. The van der Waals surface area contributed by atoms with Gasteiger partial charge in [-0.25, -0.2) is 31.0 Å². The zero-order valence-corrected chi connectivity index (χ0v) is 23.4. The Morgan fingerprint density at radius 3 is 2.33 bits per heavy atom. The summed E-state index contributed by atoms with van der Waals surface area (Å²) in [7, 11) is -0.438. The average molecular weight is 591 g/mol. The van der Waals surface area contributed by atoms with Crippen LogP contribution in [0.3, 0.4) is 0 Å². The van der Waals surface area contributed by atoms with E-state index in [9.17, 15) is 17.2 Å². The fourth-order valence-corrected chi connectivity index (χ4v) is 7.38. The van der Waals surface area contributed by atoms with E-state index in [0.29, 0.717) is 46.8 Å². The first-order chi connectivity index (χ1) is 19.0. The second-order valence-electron chi connectivity index (χ2n) is 9.82. The van der Waals surface area contributed by atoms with Crippen molar-refractivity contribution in [3.8, 4) is 21.7 Å². The molecule has 5 rings (SSSR count). The first kappa shape index (κ1) is 28.2. The lowest BCUT2D eigenvalue weighted by molar-refractivity contribution is 0.249. The summed E-state index contributed by atoms with van der Waals surface area (Å²) in [5.74, 6) is -5.15. The quantitative estimate of drug-likeness (QED) is 0.249. The lowest BCUT2D eigenvalue weighted by atomic mass is 10.0. The number of hydrogen-bond acceptors (Lipinski definition) is 7. The Kier molecular flexibility index (Phi) is 7.94. The molecular formula is C28H26F4N4O2S2. The van der Waals surface area contributed by atoms with Gasteiger partial charge in [0.05, 0.1) is 21.9 Å². The minimum absolute atomic E-state index is 0.0344. The smallest absolute Gasteiger partial charge is 0.186 e. The molecule has 0 atom stereocenters. The molecule has 0 N–H and O–H groups in total. The largest absolute Gasteiger partial charge is 0.348 e. The minimum atomic E-state index is -4.50. The van der Waals surface area contributed by atoms with Gasteiger partial charge < -0.3 is 9.80 Å². The van der Waals surface area contributed by atoms with Gasteiger partial charge in [0, 0.05) is 37.1 Å². The van der Waals surface area contributed by atoms with Crippen LogP contribution in [0, 0.1) is 23.3 Å². The molecule has 2 aromatic carbocycles. The molecule has 0 bridgehead atoms. The molecular weight excluding hydrogens is 564 g/mol. The SMILES string of the molecule is CN(C)C1CCN(c2nc(-c3c(F)ccc(CS(=O)(=O)c4cc(F)ccc4F)c3F)c(-c3ccncc3)s2)CC1. The van der Waals surface area contributed by atoms with Crippen LogP contribution in [0.15, 0.2) is 59.8 Å². The Balaban J connectivity index is 1.58. The summed E-state index contributed by atoms with van der Waals surface area (Å²) >= 11 is 1.29. The van der Waals surface area contributed by atoms with Crippen molar-refractivity contribution in [3.05, 3.63) is 83.7 Å². The number of nitrogens with zero attached hydrogens (tertiary/aromatic N) is 4. The van der Waals surface area contributed by atoms with E-state index in [2.05, 4.69) is 19.8 Å². The molecule has 1 fully saturated rings. The van der Waals surface area contributed by atoms with Crippen LogP contribution >= 0.6 is 11.3 Å². The molecule has 210 valence electrons. The molecule has 2 aromatic heterocycles. The summed E-state index contributed by atoms with van der Waals surface area (Å²) in [6.07, 6.45) is 4.92. The van der Waals surface area contributed by atoms with Crippen molar-refractivity contribution in [3.63, 3.8) is 0 Å². The highest BCUT2D eigenvalue weighted by Gasteiger charge is 2.29. The number of benzene rings is 2. The maximum atomic E-state index is 16.0. The molecule has 40 heavy (non-hydrogen) atoms. The van der Waals surface area contributed by atoms with E-state index in [1.54, 1.807) is 24.5 Å². The second kappa shape index (κ2) is 11.3. The van der Waals surface area contributed by atoms with E-state index in [-0.39, 0.29) is 11.3 Å². The summed E-state index contributed by atoms with van der Waals surface area (Å²) in [5.41, 5.74) is -0.185. The number of pyridine rings is 1. The third kappa shape index (κ3) is 5.61. The summed E-state index contributed by atoms with van der Waals surface area (Å²) in [6.45, 7) is 1.43. The van der Waals surface area contributed by atoms with E-state index < -0.39 is 49.3 Å². The third-order valence-electron chi connectivity index (χ3n) is 7.01. The number of hydrogen-bond donors (Lipinski definition) is 0. The lowest BCUT2D eigenvalue weighted by Gasteiger charge is -2.35. The van der Waals surface area contributed by atoms with Crippen LogP contribution in [0.2, 0.25) is 0 Å². The zero-order valence-electron chi connectivity index (χ0n) is 21.7. The Bertz CT molecular complexity index is 1640. The van der Waals surface area contributed by atoms with Crippen molar-refractivity contribution >= 4 is 26.3 Å². The van der Waals surface area contributed by atoms with E-state index >= 15 is 8.78 Å². The van der Waals surface area contributed by atoms with Gasteiger partial charge in [0.15, 0.2) is 15.0 Å². The van der Waals surface area contributed by atoms with E-state index in [1.807, 2.05) is 14.1 Å². The van der Waals surface area contributed by atoms with Gasteiger partial charge in [-0.05, 0) is 68.9 Å². The fraction of sp³-hybridized carbons (Fsp3) is 0.286. The standard InChI is InChI=1S/C28H26F4N4O2S2/c1-35(2)20-9-13-36(14-10-20)28-34-26(27(39-28)17-7-11-33-12-8-17)24-22(31)5-3-18(25(24)32)16-40(37,38)23-15-19(29)4-6-21(23)30/h3-8,11-12,15,20H,9-10,13-14,16H2,1-2H3. The Hall–Kier alpha value is -3.35. The van der Waals surface area contributed by atoms with Crippen LogP contribution in [0.1, 0.15) is 18.4 Å². The molecule has 12 heteroatoms. The number of piperidine rings is 1. The van der Waals surface area contributed by atoms with Gasteiger partial charge in [0.1, 0.15) is 28.2 Å². The van der Waals surface area contributed by atoms with Gasteiger partial charge in [0.2, 0.25) is 0 Å². The van der Waals surface area contributed by atoms with Crippen LogP contribution in [-0.4, -0.2) is 56.5 Å². The molecule has 4 aromatic rings. The predicted octanol–water partition coefficient (Wildman–Crippen LogP) is 5.93. The Labute approximate surface area is 233 Å². The first-order valence-corrected chi connectivity index (χ1v) is 15.0. The average Bonchev–Trinajstić information content (AvgIpc) is 3.37. The van der Waals surface area contributed by atoms with E-state index in [4.69, 9.17) is 0 Å². The van der Waals surface area contributed by atoms with Crippen LogP contribution in [0.25, 0.3) is 21.7 Å². The minimum Gasteiger partial charge on any atom is -0.348 e. The van der Waals surface area contributed by atoms with E-state index in [0.717, 1.165) is 31.0 Å². The number of thiazole rings is 1. The molecule has 0 unspecified atom stereocenters. The maximum absolute atomic E-state index is 16.0. The molecule has 3 heterocycles. The normalized spacial score (nSPS) is 14.7. The van der Waals surface area contributed by atoms with Gasteiger partial charge in [0.25, 0.3) is 0 Å². The number of halogens is 4. The van der Waals surface area contributed by atoms with Crippen molar-refractivity contribution in [1.82, 2.24) is 14.9 Å². The monoisotopic (exact) mass is 590 g/mol. The Morgan fingerprint density at radius 2 is 1.65 bits per heavy atom. The maximum Gasteiger partial charge on any atom is 0.186 e. The molecule has 1 saturated heterocycles. The van der Waals surface area contributed by atoms with Gasteiger partial charge in [-0.15, -0.1) is 0 Å². The summed E-state index contributed by atoms with van der Waals surface area (Å²) in [4.78, 5) is 12.5. The highest BCUT2D eigenvalue weighted by atomic mass is 32.2. The van der Waals surface area contributed by atoms with E-state index in [1.165, 1.54) is 11.3 Å². The first-order valence-electron chi connectivity index (χ1n) is 12.5. The predicted molar refractivity (Wildman–Crippen MR) is 147 cm³/mol. The molecule has 1 aliphatic heterocycles. The Morgan fingerprint density at radius 1 is 0.975 bits per heavy atom. The van der Waals surface area contributed by atoms with Crippen molar-refractivity contribution in [2.45, 2.75) is 29.5 Å². The second-order valence-corrected chi connectivity index (χ2v) is 12.8. The summed E-state index contributed by atoms with van der Waals surface area (Å²) in [5, 5.41) is 0.595. The van der Waals surface area contributed by atoms with Crippen LogP contribution in [-0.2, 0) is 15.6 Å². The number of rotatable bonds is 7. The van der Waals surface area contributed by atoms with Gasteiger partial charge in [-0.1, -0.05) is 17.4 Å². The van der Waals surface area contributed by atoms with Crippen molar-refractivity contribution in [2.24, 2.45) is 0 Å². The molecule has 0 radical (unpaired) electrons.